The molecule has 0 bridgehead atoms. The first-order valence-corrected chi connectivity index (χ1v) is 6.61. The standard InChI is InChI=1S/C14H15F4NO2/c1-2-21-9-6-8(7-9)19-13(20)10-4-3-5-11(12(10)15)14(16,17)18/h3-5,8-9H,2,6-7H2,1H3,(H,19,20). The zero-order valence-corrected chi connectivity index (χ0v) is 11.3. The van der Waals surface area contributed by atoms with Crippen LogP contribution in [-0.2, 0) is 10.9 Å². The van der Waals surface area contributed by atoms with Gasteiger partial charge in [0.1, 0.15) is 5.82 Å². The topological polar surface area (TPSA) is 38.3 Å². The third-order valence-corrected chi connectivity index (χ3v) is 3.38. The second-order valence-electron chi connectivity index (χ2n) is 4.88. The van der Waals surface area contributed by atoms with Crippen molar-refractivity contribution in [2.24, 2.45) is 0 Å². The van der Waals surface area contributed by atoms with E-state index in [0.717, 1.165) is 12.1 Å². The first-order valence-electron chi connectivity index (χ1n) is 6.61. The van der Waals surface area contributed by atoms with E-state index in [1.165, 1.54) is 0 Å². The minimum absolute atomic E-state index is 0.0478. The van der Waals surface area contributed by atoms with Crippen LogP contribution in [0, 0.1) is 5.82 Å². The third kappa shape index (κ3) is 3.53. The molecule has 0 aliphatic heterocycles. The fourth-order valence-electron chi connectivity index (χ4n) is 2.24. The number of carbonyl (C=O) groups is 1. The van der Waals surface area contributed by atoms with Crippen molar-refractivity contribution in [2.45, 2.75) is 38.1 Å². The fraction of sp³-hybridized carbons (Fsp3) is 0.500. The van der Waals surface area contributed by atoms with Gasteiger partial charge in [0, 0.05) is 12.6 Å². The van der Waals surface area contributed by atoms with Crippen LogP contribution in [0.1, 0.15) is 35.7 Å². The van der Waals surface area contributed by atoms with E-state index < -0.39 is 29.0 Å². The molecule has 0 atom stereocenters. The number of carbonyl (C=O) groups excluding carboxylic acids is 1. The van der Waals surface area contributed by atoms with Gasteiger partial charge in [-0.1, -0.05) is 6.07 Å². The van der Waals surface area contributed by atoms with Crippen LogP contribution in [-0.4, -0.2) is 24.7 Å². The Bertz CT molecular complexity index is 524. The van der Waals surface area contributed by atoms with Crippen molar-refractivity contribution >= 4 is 5.91 Å². The van der Waals surface area contributed by atoms with Gasteiger partial charge in [0.15, 0.2) is 0 Å². The van der Waals surface area contributed by atoms with Crippen molar-refractivity contribution in [3.63, 3.8) is 0 Å². The first kappa shape index (κ1) is 15.8. The summed E-state index contributed by atoms with van der Waals surface area (Å²) in [4.78, 5) is 11.9. The van der Waals surface area contributed by atoms with Crippen molar-refractivity contribution in [3.8, 4) is 0 Å². The number of halogens is 4. The lowest BCUT2D eigenvalue weighted by atomic mass is 9.89. The second kappa shape index (κ2) is 6.01. The molecular weight excluding hydrogens is 290 g/mol. The summed E-state index contributed by atoms with van der Waals surface area (Å²) in [5.74, 6) is -2.37. The van der Waals surface area contributed by atoms with E-state index >= 15 is 0 Å². The molecule has 1 aromatic carbocycles. The van der Waals surface area contributed by atoms with Crippen molar-refractivity contribution in [3.05, 3.63) is 35.1 Å². The van der Waals surface area contributed by atoms with Crippen LogP contribution >= 0.6 is 0 Å². The van der Waals surface area contributed by atoms with Crippen molar-refractivity contribution in [1.82, 2.24) is 5.32 Å². The smallest absolute Gasteiger partial charge is 0.378 e. The van der Waals surface area contributed by atoms with Crippen molar-refractivity contribution in [2.75, 3.05) is 6.61 Å². The molecule has 1 aromatic rings. The van der Waals surface area contributed by atoms with E-state index in [1.807, 2.05) is 6.92 Å². The van der Waals surface area contributed by atoms with Crippen LogP contribution in [0.2, 0.25) is 0 Å². The minimum Gasteiger partial charge on any atom is -0.378 e. The molecule has 1 fully saturated rings. The van der Waals surface area contributed by atoms with Crippen LogP contribution in [0.25, 0.3) is 0 Å². The molecule has 1 N–H and O–H groups in total. The Morgan fingerprint density at radius 3 is 2.62 bits per heavy atom. The summed E-state index contributed by atoms with van der Waals surface area (Å²) >= 11 is 0. The van der Waals surface area contributed by atoms with E-state index in [4.69, 9.17) is 4.74 Å². The maximum absolute atomic E-state index is 13.8. The lowest BCUT2D eigenvalue weighted by molar-refractivity contribution is -0.140. The van der Waals surface area contributed by atoms with Crippen molar-refractivity contribution < 1.29 is 27.1 Å². The Hall–Kier alpha value is -1.63. The number of amides is 1. The normalized spacial score (nSPS) is 21.8. The number of hydrogen-bond donors (Lipinski definition) is 1. The molecular formula is C14H15F4NO2. The van der Waals surface area contributed by atoms with Gasteiger partial charge in [-0.15, -0.1) is 0 Å². The summed E-state index contributed by atoms with van der Waals surface area (Å²) in [6, 6.07) is 2.48. The number of rotatable bonds is 4. The maximum Gasteiger partial charge on any atom is 0.419 e. The number of nitrogens with one attached hydrogen (secondary N) is 1. The highest BCUT2D eigenvalue weighted by molar-refractivity contribution is 5.95. The van der Waals surface area contributed by atoms with Gasteiger partial charge in [0.2, 0.25) is 0 Å². The molecule has 0 radical (unpaired) electrons. The van der Waals surface area contributed by atoms with Gasteiger partial charge in [0.05, 0.1) is 17.2 Å². The lowest BCUT2D eigenvalue weighted by Crippen LogP contribution is -2.48. The van der Waals surface area contributed by atoms with Crippen LogP contribution in [0.3, 0.4) is 0 Å². The molecule has 1 aliphatic carbocycles. The molecule has 0 heterocycles. The largest absolute Gasteiger partial charge is 0.419 e. The quantitative estimate of drug-likeness (QED) is 0.868. The van der Waals surface area contributed by atoms with Gasteiger partial charge in [-0.05, 0) is 31.9 Å². The Morgan fingerprint density at radius 2 is 2.05 bits per heavy atom. The SMILES string of the molecule is CCOC1CC(NC(=O)c2cccc(C(F)(F)F)c2F)C1. The molecule has 0 saturated heterocycles. The summed E-state index contributed by atoms with van der Waals surface area (Å²) < 4.78 is 56.8. The van der Waals surface area contributed by atoms with E-state index in [9.17, 15) is 22.4 Å². The second-order valence-corrected chi connectivity index (χ2v) is 4.88. The van der Waals surface area contributed by atoms with Crippen LogP contribution in [0.15, 0.2) is 18.2 Å². The Kier molecular flexibility index (Phi) is 4.51. The van der Waals surface area contributed by atoms with Gasteiger partial charge in [-0.3, -0.25) is 4.79 Å². The fourth-order valence-corrected chi connectivity index (χ4v) is 2.24. The molecule has 1 aliphatic rings. The van der Waals surface area contributed by atoms with E-state index in [0.29, 0.717) is 25.5 Å². The number of ether oxygens (including phenoxy) is 1. The summed E-state index contributed by atoms with van der Waals surface area (Å²) in [6.45, 7) is 2.41. The first-order chi connectivity index (χ1) is 9.82. The molecule has 0 aromatic heterocycles. The van der Waals surface area contributed by atoms with E-state index in [2.05, 4.69) is 5.32 Å². The van der Waals surface area contributed by atoms with Crippen molar-refractivity contribution in [1.29, 1.82) is 0 Å². The number of alkyl halides is 3. The number of hydrogen-bond acceptors (Lipinski definition) is 2. The molecule has 3 nitrogen and oxygen atoms in total. The highest BCUT2D eigenvalue weighted by atomic mass is 19.4. The van der Waals surface area contributed by atoms with Gasteiger partial charge in [0.25, 0.3) is 5.91 Å². The Morgan fingerprint density at radius 1 is 1.38 bits per heavy atom. The summed E-state index contributed by atoms with van der Waals surface area (Å²) in [7, 11) is 0. The zero-order valence-electron chi connectivity index (χ0n) is 11.3. The van der Waals surface area contributed by atoms with Gasteiger partial charge in [-0.2, -0.15) is 13.2 Å². The maximum atomic E-state index is 13.8. The van der Waals surface area contributed by atoms with Crippen LogP contribution in [0.4, 0.5) is 17.6 Å². The van der Waals surface area contributed by atoms with E-state index in [1.54, 1.807) is 0 Å². The molecule has 2 rings (SSSR count). The molecule has 7 heteroatoms. The molecule has 0 spiro atoms. The predicted molar refractivity (Wildman–Crippen MR) is 67.3 cm³/mol. The lowest BCUT2D eigenvalue weighted by Gasteiger charge is -2.35. The molecule has 21 heavy (non-hydrogen) atoms. The summed E-state index contributed by atoms with van der Waals surface area (Å²) in [6.07, 6.45) is -3.61. The minimum atomic E-state index is -4.82. The predicted octanol–water partition coefficient (Wildman–Crippen LogP) is 3.14. The molecule has 116 valence electrons. The molecule has 1 amide bonds. The highest BCUT2D eigenvalue weighted by Crippen LogP contribution is 2.32. The van der Waals surface area contributed by atoms with Gasteiger partial charge in [-0.25, -0.2) is 4.39 Å². The van der Waals surface area contributed by atoms with E-state index in [-0.39, 0.29) is 12.1 Å². The Labute approximate surface area is 119 Å². The highest BCUT2D eigenvalue weighted by Gasteiger charge is 2.36. The average Bonchev–Trinajstić information content (AvgIpc) is 2.35. The average molecular weight is 305 g/mol. The van der Waals surface area contributed by atoms with Gasteiger partial charge < -0.3 is 10.1 Å². The van der Waals surface area contributed by atoms with Crippen LogP contribution < -0.4 is 5.32 Å². The molecule has 0 unspecified atom stereocenters. The van der Waals surface area contributed by atoms with Gasteiger partial charge >= 0.3 is 6.18 Å². The summed E-state index contributed by atoms with van der Waals surface area (Å²) in [5.41, 5.74) is -2.03. The third-order valence-electron chi connectivity index (χ3n) is 3.38. The van der Waals surface area contributed by atoms with Crippen LogP contribution in [0.5, 0.6) is 0 Å². The Balaban J connectivity index is 2.04. The number of benzene rings is 1. The monoisotopic (exact) mass is 305 g/mol. The molecule has 1 saturated carbocycles. The zero-order chi connectivity index (χ0) is 15.6. The summed E-state index contributed by atoms with van der Waals surface area (Å²) in [5, 5.41) is 2.51.